The van der Waals surface area contributed by atoms with E-state index in [-0.39, 0.29) is 31.1 Å². The van der Waals surface area contributed by atoms with Gasteiger partial charge in [-0.2, -0.15) is 24.9 Å². The monoisotopic (exact) mass is 600 g/mol. The number of alkyl halides is 3. The summed E-state index contributed by atoms with van der Waals surface area (Å²) in [6, 6.07) is 14.5. The predicted molar refractivity (Wildman–Crippen MR) is 153 cm³/mol. The fourth-order valence-electron chi connectivity index (χ4n) is 6.06. The highest BCUT2D eigenvalue weighted by Crippen LogP contribution is 2.47. The second-order valence-corrected chi connectivity index (χ2v) is 12.4. The molecule has 6 rings (SSSR count). The molecular weight excluding hydrogens is 569 g/mol. The van der Waals surface area contributed by atoms with Gasteiger partial charge >= 0.3 is 12.1 Å². The van der Waals surface area contributed by atoms with Crippen LogP contribution >= 0.6 is 11.8 Å². The number of benzene rings is 3. The summed E-state index contributed by atoms with van der Waals surface area (Å²) in [4.78, 5) is 11.1. The van der Waals surface area contributed by atoms with Crippen LogP contribution in [-0.4, -0.2) is 46.5 Å². The van der Waals surface area contributed by atoms with Crippen molar-refractivity contribution >= 4 is 17.7 Å². The summed E-state index contributed by atoms with van der Waals surface area (Å²) in [6.45, 7) is 0.430. The lowest BCUT2D eigenvalue weighted by Crippen LogP contribution is -2.39. The third-order valence-corrected chi connectivity index (χ3v) is 9.28. The van der Waals surface area contributed by atoms with E-state index in [0.29, 0.717) is 59.6 Å². The van der Waals surface area contributed by atoms with Crippen molar-refractivity contribution in [2.24, 2.45) is 0 Å². The average molecular weight is 601 g/mol. The van der Waals surface area contributed by atoms with Crippen molar-refractivity contribution < 1.29 is 42.4 Å². The minimum atomic E-state index is -4.54. The van der Waals surface area contributed by atoms with E-state index < -0.39 is 29.4 Å². The van der Waals surface area contributed by atoms with Crippen LogP contribution in [0.5, 0.6) is 17.2 Å². The SMILES string of the molecule is O=C(O)CC1COc2cc(OC3CCc4c3ccc(C(F)(F)F)c4-c3ccc(OCC4(O)CCSCC4)cc3)ccc21. The molecule has 1 fully saturated rings. The number of aliphatic hydroxyl groups is 1. The van der Waals surface area contributed by atoms with Gasteiger partial charge in [-0.05, 0) is 83.7 Å². The summed E-state index contributed by atoms with van der Waals surface area (Å²) in [5, 5.41) is 19.9. The highest BCUT2D eigenvalue weighted by molar-refractivity contribution is 7.99. The number of aliphatic carboxylic acids is 1. The number of carbonyl (C=O) groups is 1. The zero-order chi connectivity index (χ0) is 29.5. The van der Waals surface area contributed by atoms with E-state index >= 15 is 0 Å². The molecule has 6 nitrogen and oxygen atoms in total. The van der Waals surface area contributed by atoms with Gasteiger partial charge in [0.15, 0.2) is 0 Å². The molecule has 3 aliphatic rings. The summed E-state index contributed by atoms with van der Waals surface area (Å²) in [6.07, 6.45) is -2.77. The van der Waals surface area contributed by atoms with Crippen LogP contribution < -0.4 is 14.2 Å². The van der Waals surface area contributed by atoms with Crippen LogP contribution in [0.1, 0.15) is 60.0 Å². The van der Waals surface area contributed by atoms with Gasteiger partial charge in [0, 0.05) is 17.5 Å². The van der Waals surface area contributed by atoms with E-state index in [4.69, 9.17) is 19.3 Å². The largest absolute Gasteiger partial charge is 0.492 e. The number of halogens is 3. The lowest BCUT2D eigenvalue weighted by atomic mass is 9.91. The summed E-state index contributed by atoms with van der Waals surface area (Å²) < 4.78 is 60.4. The van der Waals surface area contributed by atoms with Gasteiger partial charge in [-0.1, -0.05) is 24.3 Å². The van der Waals surface area contributed by atoms with E-state index in [1.165, 1.54) is 6.07 Å². The van der Waals surface area contributed by atoms with Crippen LogP contribution in [0, 0.1) is 0 Å². The van der Waals surface area contributed by atoms with E-state index in [9.17, 15) is 23.1 Å². The quantitative estimate of drug-likeness (QED) is 0.287. The fraction of sp³-hybridized carbons (Fsp3) is 0.406. The van der Waals surface area contributed by atoms with Crippen LogP contribution in [0.15, 0.2) is 54.6 Å². The van der Waals surface area contributed by atoms with Gasteiger partial charge in [0.05, 0.1) is 18.6 Å². The number of ether oxygens (including phenoxy) is 3. The molecule has 2 heterocycles. The third-order valence-electron chi connectivity index (χ3n) is 8.30. The van der Waals surface area contributed by atoms with Gasteiger partial charge < -0.3 is 24.4 Å². The number of hydrogen-bond donors (Lipinski definition) is 2. The van der Waals surface area contributed by atoms with Crippen molar-refractivity contribution in [2.45, 2.75) is 55.9 Å². The van der Waals surface area contributed by atoms with Crippen molar-refractivity contribution in [1.29, 1.82) is 0 Å². The molecule has 0 spiro atoms. The molecule has 2 atom stereocenters. The first-order valence-electron chi connectivity index (χ1n) is 14.0. The highest BCUT2D eigenvalue weighted by Gasteiger charge is 2.38. The Morgan fingerprint density at radius 1 is 1.02 bits per heavy atom. The first-order chi connectivity index (χ1) is 20.1. The van der Waals surface area contributed by atoms with Crippen LogP contribution in [0.2, 0.25) is 0 Å². The fourth-order valence-corrected chi connectivity index (χ4v) is 7.31. The van der Waals surface area contributed by atoms with Gasteiger partial charge in [-0.15, -0.1) is 0 Å². The second-order valence-electron chi connectivity index (χ2n) is 11.2. The van der Waals surface area contributed by atoms with Gasteiger partial charge in [0.2, 0.25) is 0 Å². The first-order valence-corrected chi connectivity index (χ1v) is 15.2. The van der Waals surface area contributed by atoms with Crippen LogP contribution in [0.4, 0.5) is 13.2 Å². The zero-order valence-electron chi connectivity index (χ0n) is 22.8. The molecular formula is C32H31F3O6S. The van der Waals surface area contributed by atoms with Crippen molar-refractivity contribution in [1.82, 2.24) is 0 Å². The highest BCUT2D eigenvalue weighted by atomic mass is 32.2. The van der Waals surface area contributed by atoms with Crippen LogP contribution in [0.3, 0.4) is 0 Å². The van der Waals surface area contributed by atoms with Crippen molar-refractivity contribution in [3.8, 4) is 28.4 Å². The Hall–Kier alpha value is -3.37. The number of rotatable bonds is 8. The topological polar surface area (TPSA) is 85.2 Å². The predicted octanol–water partition coefficient (Wildman–Crippen LogP) is 7.03. The average Bonchev–Trinajstić information content (AvgIpc) is 3.55. The van der Waals surface area contributed by atoms with Gasteiger partial charge in [0.1, 0.15) is 35.6 Å². The second kappa shape index (κ2) is 11.4. The lowest BCUT2D eigenvalue weighted by Gasteiger charge is -2.31. The maximum absolute atomic E-state index is 14.2. The van der Waals surface area contributed by atoms with Crippen LogP contribution in [-0.2, 0) is 17.4 Å². The normalized spacial score (nSPS) is 20.9. The number of carboxylic acid groups (broad SMARTS) is 1. The number of thioether (sulfide) groups is 1. The van der Waals surface area contributed by atoms with Crippen LogP contribution in [0.25, 0.3) is 11.1 Å². The molecule has 3 aromatic rings. The van der Waals surface area contributed by atoms with Crippen molar-refractivity contribution in [2.75, 3.05) is 24.7 Å². The molecule has 2 unspecified atom stereocenters. The zero-order valence-corrected chi connectivity index (χ0v) is 23.6. The first kappa shape index (κ1) is 28.7. The van der Waals surface area contributed by atoms with Crippen molar-refractivity contribution in [3.63, 3.8) is 0 Å². The Bertz CT molecular complexity index is 1470. The van der Waals surface area contributed by atoms with Crippen molar-refractivity contribution in [3.05, 3.63) is 76.9 Å². The maximum atomic E-state index is 14.2. The van der Waals surface area contributed by atoms with E-state index in [1.807, 2.05) is 0 Å². The van der Waals surface area contributed by atoms with E-state index in [0.717, 1.165) is 23.1 Å². The van der Waals surface area contributed by atoms with E-state index in [1.54, 1.807) is 54.2 Å². The standard InChI is InChI=1S/C32H31F3O6S/c33-32(34,35)26-9-7-24-25(30(26)19-1-3-21(4-2-19)40-18-31(38)11-13-42-14-12-31)8-10-27(24)41-22-5-6-23-20(15-29(36)37)17-39-28(23)16-22/h1-7,9,16,20,27,38H,8,10-15,17-18H2,(H,36,37). The molecule has 1 aliphatic carbocycles. The summed E-state index contributed by atoms with van der Waals surface area (Å²) in [5.74, 6) is 2.21. The molecule has 1 saturated heterocycles. The smallest absolute Gasteiger partial charge is 0.417 e. The Morgan fingerprint density at radius 2 is 1.74 bits per heavy atom. The van der Waals surface area contributed by atoms with Gasteiger partial charge in [-0.3, -0.25) is 4.79 Å². The minimum absolute atomic E-state index is 0.0257. The summed E-state index contributed by atoms with van der Waals surface area (Å²) in [7, 11) is 0. The molecule has 2 N–H and O–H groups in total. The van der Waals surface area contributed by atoms with Gasteiger partial charge in [-0.25, -0.2) is 0 Å². The number of carboxylic acids is 1. The molecule has 0 bridgehead atoms. The third kappa shape index (κ3) is 5.92. The Morgan fingerprint density at radius 3 is 2.45 bits per heavy atom. The molecule has 0 radical (unpaired) electrons. The Balaban J connectivity index is 1.24. The summed E-state index contributed by atoms with van der Waals surface area (Å²) >= 11 is 1.80. The molecule has 42 heavy (non-hydrogen) atoms. The van der Waals surface area contributed by atoms with E-state index in [2.05, 4.69) is 0 Å². The Kier molecular flexibility index (Phi) is 7.78. The molecule has 0 saturated carbocycles. The molecule has 3 aromatic carbocycles. The molecule has 2 aliphatic heterocycles. The molecule has 0 amide bonds. The summed E-state index contributed by atoms with van der Waals surface area (Å²) in [5.41, 5.74) is 1.14. The molecule has 0 aromatic heterocycles. The maximum Gasteiger partial charge on any atom is 0.417 e. The molecule has 222 valence electrons. The lowest BCUT2D eigenvalue weighted by molar-refractivity contribution is -0.138. The molecule has 10 heteroatoms. The number of hydrogen-bond acceptors (Lipinski definition) is 6. The minimum Gasteiger partial charge on any atom is -0.492 e. The van der Waals surface area contributed by atoms with Gasteiger partial charge in [0.25, 0.3) is 0 Å². The number of fused-ring (bicyclic) bond motifs is 2. The Labute approximate surface area is 245 Å².